The van der Waals surface area contributed by atoms with E-state index in [0.29, 0.717) is 19.3 Å². The lowest BCUT2D eigenvalue weighted by Gasteiger charge is -2.51. The lowest BCUT2D eigenvalue weighted by molar-refractivity contribution is -0.258. The number of Topliss-reactive ketones (excluding diaryl/α,β-unsaturated/α-hetero) is 1. The number of hydrogen-bond donors (Lipinski definition) is 4. The Kier molecular flexibility index (Phi) is 7.98. The minimum atomic E-state index is -1.69. The lowest BCUT2D eigenvalue weighted by Crippen LogP contribution is -2.57. The van der Waals surface area contributed by atoms with Gasteiger partial charge in [0.1, 0.15) is 17.3 Å². The minimum Gasteiger partial charge on any atom is -0.508 e. The number of carbonyl (C=O) groups is 1. The number of aryl methyl sites for hydroxylation is 1. The van der Waals surface area contributed by atoms with E-state index in [0.717, 1.165) is 59.1 Å². The van der Waals surface area contributed by atoms with Crippen LogP contribution < -0.4 is 0 Å². The Morgan fingerprint density at radius 2 is 1.68 bits per heavy atom. The molecule has 3 fully saturated rings. The molecule has 0 unspecified atom stereocenters. The Morgan fingerprint density at radius 1 is 0.977 bits per heavy atom. The predicted octanol–water partition coefficient (Wildman–Crippen LogP) is 6.57. The van der Waals surface area contributed by atoms with Crippen LogP contribution in [0.1, 0.15) is 62.1 Å². The standard InChI is InChI=1S/C38H44O6/c1-24-35-30(23-39)22-37(38(35,43)44-3,36(24,2)31-9-4-5-10-31)34(42)18-13-25-7-6-8-27(19-25)28-14-15-29(33(41)21-28)20-26-11-16-32(40)17-12-26/h6-8,11-12,14-17,19,21,30-31,35,39-41,43H,1,4-5,9-10,13,18,20,22-23H2,2-3H3/t30-,35-,36-,37+,38-/m0/s1. The van der Waals surface area contributed by atoms with Crippen LogP contribution in [0.15, 0.2) is 78.9 Å². The largest absolute Gasteiger partial charge is 0.508 e. The number of fused-ring (bicyclic) bond motifs is 2. The number of benzene rings is 3. The van der Waals surface area contributed by atoms with E-state index >= 15 is 0 Å². The zero-order chi connectivity index (χ0) is 31.3. The molecule has 3 aromatic carbocycles. The van der Waals surface area contributed by atoms with Crippen molar-refractivity contribution in [1.29, 1.82) is 0 Å². The number of phenols is 2. The van der Waals surface area contributed by atoms with Crippen LogP contribution in [0.2, 0.25) is 0 Å². The van der Waals surface area contributed by atoms with Crippen molar-refractivity contribution in [3.63, 3.8) is 0 Å². The van der Waals surface area contributed by atoms with E-state index in [-0.39, 0.29) is 42.1 Å². The van der Waals surface area contributed by atoms with Gasteiger partial charge < -0.3 is 25.2 Å². The van der Waals surface area contributed by atoms with Crippen molar-refractivity contribution in [2.24, 2.45) is 28.6 Å². The van der Waals surface area contributed by atoms with E-state index in [9.17, 15) is 25.2 Å². The Balaban J connectivity index is 1.24. The van der Waals surface area contributed by atoms with Crippen molar-refractivity contribution in [2.45, 2.75) is 64.1 Å². The van der Waals surface area contributed by atoms with Crippen LogP contribution in [0.4, 0.5) is 0 Å². The first kappa shape index (κ1) is 30.6. The van der Waals surface area contributed by atoms with Crippen molar-refractivity contribution in [2.75, 3.05) is 13.7 Å². The molecule has 3 aliphatic rings. The average molecular weight is 597 g/mol. The van der Waals surface area contributed by atoms with E-state index in [4.69, 9.17) is 4.74 Å². The van der Waals surface area contributed by atoms with Gasteiger partial charge in [-0.15, -0.1) is 0 Å². The molecule has 6 rings (SSSR count). The highest BCUT2D eigenvalue weighted by molar-refractivity contribution is 5.90. The summed E-state index contributed by atoms with van der Waals surface area (Å²) in [4.78, 5) is 14.5. The molecule has 232 valence electrons. The van der Waals surface area contributed by atoms with Crippen LogP contribution in [0, 0.1) is 28.6 Å². The molecule has 6 nitrogen and oxygen atoms in total. The van der Waals surface area contributed by atoms with E-state index in [1.54, 1.807) is 18.2 Å². The van der Waals surface area contributed by atoms with Gasteiger partial charge in [-0.3, -0.25) is 4.79 Å². The van der Waals surface area contributed by atoms with Gasteiger partial charge in [0.2, 0.25) is 0 Å². The SMILES string of the molecule is C=C1[C@H]2[C@H](CO)C[C@@](C(=O)CCc3cccc(-c4ccc(Cc5ccc(O)cc5)c(O)c4)c3)([C@]1(C)C1CCCC1)[C@@]2(O)OC. The first-order valence-corrected chi connectivity index (χ1v) is 15.9. The van der Waals surface area contributed by atoms with Gasteiger partial charge in [-0.25, -0.2) is 0 Å². The summed E-state index contributed by atoms with van der Waals surface area (Å²) in [5, 5.41) is 42.8. The molecule has 0 aromatic heterocycles. The number of carbonyl (C=O) groups excluding carboxylic acids is 1. The fourth-order valence-corrected chi connectivity index (χ4v) is 9.24. The Labute approximate surface area is 260 Å². The maximum Gasteiger partial charge on any atom is 0.185 e. The second-order valence-electron chi connectivity index (χ2n) is 13.4. The number of ether oxygens (including phenoxy) is 1. The second kappa shape index (κ2) is 11.5. The van der Waals surface area contributed by atoms with Crippen molar-refractivity contribution >= 4 is 5.78 Å². The summed E-state index contributed by atoms with van der Waals surface area (Å²) in [6.45, 7) is 6.48. The van der Waals surface area contributed by atoms with Crippen LogP contribution in [-0.4, -0.2) is 45.7 Å². The average Bonchev–Trinajstić information content (AvgIpc) is 3.70. The molecular weight excluding hydrogens is 552 g/mol. The third kappa shape index (κ3) is 4.53. The number of aliphatic hydroxyl groups is 2. The quantitative estimate of drug-likeness (QED) is 0.156. The number of ketones is 1. The number of phenolic OH excluding ortho intramolecular Hbond substituents is 2. The summed E-state index contributed by atoms with van der Waals surface area (Å²) in [6.07, 6.45) is 5.92. The molecule has 0 radical (unpaired) electrons. The number of aliphatic hydroxyl groups excluding tert-OH is 1. The number of rotatable bonds is 10. The summed E-state index contributed by atoms with van der Waals surface area (Å²) in [5.41, 5.74) is 3.72. The summed E-state index contributed by atoms with van der Waals surface area (Å²) >= 11 is 0. The van der Waals surface area contributed by atoms with Crippen molar-refractivity contribution in [3.8, 4) is 22.6 Å². The number of aromatic hydroxyl groups is 2. The minimum absolute atomic E-state index is 0.0162. The first-order valence-electron chi connectivity index (χ1n) is 15.9. The number of hydrogen-bond acceptors (Lipinski definition) is 6. The predicted molar refractivity (Wildman–Crippen MR) is 170 cm³/mol. The van der Waals surface area contributed by atoms with E-state index < -0.39 is 22.5 Å². The smallest absolute Gasteiger partial charge is 0.185 e. The maximum absolute atomic E-state index is 14.5. The summed E-state index contributed by atoms with van der Waals surface area (Å²) in [7, 11) is 1.48. The van der Waals surface area contributed by atoms with E-state index in [1.807, 2.05) is 42.5 Å². The second-order valence-corrected chi connectivity index (χ2v) is 13.4. The summed E-state index contributed by atoms with van der Waals surface area (Å²) in [5.74, 6) is -1.78. The number of methoxy groups -OCH3 is 1. The molecule has 4 N–H and O–H groups in total. The van der Waals surface area contributed by atoms with Gasteiger partial charge >= 0.3 is 0 Å². The van der Waals surface area contributed by atoms with E-state index in [2.05, 4.69) is 19.6 Å². The van der Waals surface area contributed by atoms with E-state index in [1.165, 1.54) is 7.11 Å². The molecule has 0 saturated heterocycles. The Bertz CT molecular complexity index is 1560. The highest BCUT2D eigenvalue weighted by Gasteiger charge is 2.81. The fraction of sp³-hybridized carbons (Fsp3) is 0.447. The molecule has 0 aliphatic heterocycles. The summed E-state index contributed by atoms with van der Waals surface area (Å²) in [6, 6.07) is 20.7. The van der Waals surface area contributed by atoms with Crippen LogP contribution in [-0.2, 0) is 22.4 Å². The highest BCUT2D eigenvalue weighted by Crippen LogP contribution is 2.77. The van der Waals surface area contributed by atoms with Crippen LogP contribution >= 0.6 is 0 Å². The Morgan fingerprint density at radius 3 is 2.34 bits per heavy atom. The van der Waals surface area contributed by atoms with Crippen LogP contribution in [0.5, 0.6) is 11.5 Å². The fourth-order valence-electron chi connectivity index (χ4n) is 9.24. The molecule has 3 aliphatic carbocycles. The molecule has 44 heavy (non-hydrogen) atoms. The van der Waals surface area contributed by atoms with Gasteiger partial charge in [-0.05, 0) is 83.5 Å². The third-order valence-electron chi connectivity index (χ3n) is 11.5. The zero-order valence-corrected chi connectivity index (χ0v) is 25.8. The molecule has 0 spiro atoms. The van der Waals surface area contributed by atoms with Gasteiger partial charge in [-0.2, -0.15) is 0 Å². The third-order valence-corrected chi connectivity index (χ3v) is 11.5. The molecule has 5 atom stereocenters. The molecule has 2 bridgehead atoms. The topological polar surface area (TPSA) is 107 Å². The lowest BCUT2D eigenvalue weighted by atomic mass is 9.52. The maximum atomic E-state index is 14.5. The molecule has 3 aromatic rings. The normalized spacial score (nSPS) is 29.9. The molecule has 0 heterocycles. The Hall–Kier alpha value is -3.45. The monoisotopic (exact) mass is 596 g/mol. The molecular formula is C38H44O6. The molecule has 3 saturated carbocycles. The van der Waals surface area contributed by atoms with Gasteiger partial charge in [0.25, 0.3) is 0 Å². The van der Waals surface area contributed by atoms with Gasteiger partial charge in [0, 0.05) is 37.9 Å². The molecule has 6 heteroatoms. The van der Waals surface area contributed by atoms with Gasteiger partial charge in [0.05, 0.1) is 5.41 Å². The van der Waals surface area contributed by atoms with Crippen LogP contribution in [0.25, 0.3) is 11.1 Å². The van der Waals surface area contributed by atoms with Crippen molar-refractivity contribution in [1.82, 2.24) is 0 Å². The highest BCUT2D eigenvalue weighted by atomic mass is 16.6. The van der Waals surface area contributed by atoms with Gasteiger partial charge in [-0.1, -0.05) is 80.4 Å². The van der Waals surface area contributed by atoms with Crippen molar-refractivity contribution in [3.05, 3.63) is 95.6 Å². The summed E-state index contributed by atoms with van der Waals surface area (Å²) < 4.78 is 5.89. The van der Waals surface area contributed by atoms with Crippen LogP contribution in [0.3, 0.4) is 0 Å². The molecule has 0 amide bonds. The van der Waals surface area contributed by atoms with Gasteiger partial charge in [0.15, 0.2) is 5.79 Å². The van der Waals surface area contributed by atoms with Crippen molar-refractivity contribution < 1.29 is 30.0 Å². The zero-order valence-electron chi connectivity index (χ0n) is 25.8. The first-order chi connectivity index (χ1) is 21.1.